The smallest absolute Gasteiger partial charge is 0.411 e. The number of methoxy groups -OCH3 is 2. The van der Waals surface area contributed by atoms with Crippen LogP contribution in [0.4, 0.5) is 4.79 Å². The van der Waals surface area contributed by atoms with E-state index in [-0.39, 0.29) is 24.0 Å². The summed E-state index contributed by atoms with van der Waals surface area (Å²) in [5, 5.41) is 2.96. The van der Waals surface area contributed by atoms with Gasteiger partial charge in [-0.1, -0.05) is 30.4 Å². The lowest BCUT2D eigenvalue weighted by molar-refractivity contribution is -0.145. The maximum absolute atomic E-state index is 13.7. The molecule has 0 radical (unpaired) electrons. The van der Waals surface area contributed by atoms with Crippen LogP contribution in [0.1, 0.15) is 58.9 Å². The topological polar surface area (TPSA) is 97.4 Å². The molecule has 2 aliphatic heterocycles. The highest BCUT2D eigenvalue weighted by molar-refractivity contribution is 8.00. The van der Waals surface area contributed by atoms with E-state index in [0.717, 1.165) is 22.8 Å². The second-order valence-corrected chi connectivity index (χ2v) is 14.7. The van der Waals surface area contributed by atoms with Crippen molar-refractivity contribution in [2.75, 3.05) is 45.1 Å². The number of rotatable bonds is 11. The lowest BCUT2D eigenvalue weighted by Crippen LogP contribution is -2.50. The van der Waals surface area contributed by atoms with Crippen LogP contribution in [0.25, 0.3) is 0 Å². The average molecular weight is 622 g/mol. The van der Waals surface area contributed by atoms with Gasteiger partial charge in [-0.05, 0) is 71.1 Å². The van der Waals surface area contributed by atoms with Gasteiger partial charge in [-0.15, -0.1) is 11.8 Å². The third-order valence-electron chi connectivity index (χ3n) is 7.51. The maximum Gasteiger partial charge on any atom is 0.411 e. The van der Waals surface area contributed by atoms with Gasteiger partial charge in [0, 0.05) is 24.8 Å². The number of thioether (sulfide) groups is 2. The van der Waals surface area contributed by atoms with Crippen LogP contribution in [0, 0.1) is 0 Å². The summed E-state index contributed by atoms with van der Waals surface area (Å²) in [6.45, 7) is 10.8. The normalized spacial score (nSPS) is 23.1. The molecule has 3 rings (SSSR count). The Morgan fingerprint density at radius 1 is 1.21 bits per heavy atom. The van der Waals surface area contributed by atoms with Crippen molar-refractivity contribution in [3.63, 3.8) is 0 Å². The Morgan fingerprint density at radius 2 is 1.93 bits per heavy atom. The first-order chi connectivity index (χ1) is 19.8. The highest BCUT2D eigenvalue weighted by atomic mass is 32.2. The Labute approximate surface area is 259 Å². The number of carbonyl (C=O) groups excluding carboxylic acids is 3. The molecule has 234 valence electrons. The molecule has 0 aliphatic carbocycles. The van der Waals surface area contributed by atoms with Crippen molar-refractivity contribution >= 4 is 41.5 Å². The van der Waals surface area contributed by atoms with E-state index in [1.165, 1.54) is 7.11 Å². The van der Waals surface area contributed by atoms with Gasteiger partial charge >= 0.3 is 12.1 Å². The van der Waals surface area contributed by atoms with Gasteiger partial charge in [0.25, 0.3) is 0 Å². The molecule has 0 unspecified atom stereocenters. The highest BCUT2D eigenvalue weighted by Gasteiger charge is 2.44. The minimum Gasteiger partial charge on any atom is -0.496 e. The number of hydrogen-bond acceptors (Lipinski definition) is 9. The van der Waals surface area contributed by atoms with Gasteiger partial charge < -0.3 is 19.5 Å². The number of esters is 1. The number of likely N-dealkylation sites (tertiary alicyclic amines) is 1. The molecule has 0 aromatic heterocycles. The molecule has 0 bridgehead atoms. The Kier molecular flexibility index (Phi) is 12.1. The van der Waals surface area contributed by atoms with Gasteiger partial charge in [-0.2, -0.15) is 11.8 Å². The fourth-order valence-corrected chi connectivity index (χ4v) is 7.16. The zero-order valence-corrected chi connectivity index (χ0v) is 27.8. The molecule has 2 aliphatic rings. The molecule has 0 saturated carbocycles. The van der Waals surface area contributed by atoms with E-state index in [9.17, 15) is 14.4 Å². The largest absolute Gasteiger partial charge is 0.496 e. The monoisotopic (exact) mass is 621 g/mol. The Bertz CT molecular complexity index is 1120. The van der Waals surface area contributed by atoms with Crippen LogP contribution in [0.2, 0.25) is 0 Å². The molecule has 1 aromatic rings. The molecule has 1 N–H and O–H groups in total. The summed E-state index contributed by atoms with van der Waals surface area (Å²) in [6.07, 6.45) is 6.81. The molecule has 4 atom stereocenters. The first-order valence-corrected chi connectivity index (χ1v) is 16.8. The zero-order chi connectivity index (χ0) is 31.1. The average Bonchev–Trinajstić information content (AvgIpc) is 3.49. The fraction of sp³-hybridized carbons (Fsp3) is 0.645. The Balaban J connectivity index is 1.81. The van der Waals surface area contributed by atoms with Crippen LogP contribution in [0.5, 0.6) is 5.75 Å². The number of amides is 2. The van der Waals surface area contributed by atoms with Gasteiger partial charge in [-0.3, -0.25) is 14.6 Å². The number of hydrogen-bond donors (Lipinski definition) is 1. The van der Waals surface area contributed by atoms with Gasteiger partial charge in [0.1, 0.15) is 17.4 Å². The fourth-order valence-electron chi connectivity index (χ4n) is 5.50. The first kappa shape index (κ1) is 34.1. The lowest BCUT2D eigenvalue weighted by Gasteiger charge is -2.35. The maximum atomic E-state index is 13.7. The van der Waals surface area contributed by atoms with Crippen molar-refractivity contribution in [3.05, 3.63) is 42.0 Å². The second kappa shape index (κ2) is 14.9. The minimum atomic E-state index is -0.696. The molecule has 2 heterocycles. The van der Waals surface area contributed by atoms with Gasteiger partial charge in [0.2, 0.25) is 5.91 Å². The summed E-state index contributed by atoms with van der Waals surface area (Å²) in [5.74, 6) is 1.73. The van der Waals surface area contributed by atoms with Gasteiger partial charge in [0.15, 0.2) is 0 Å². The zero-order valence-electron chi connectivity index (χ0n) is 26.2. The Hall–Kier alpha value is -2.37. The minimum absolute atomic E-state index is 0.0762. The number of ether oxygens (including phenoxy) is 3. The van der Waals surface area contributed by atoms with Crippen molar-refractivity contribution in [2.24, 2.45) is 0 Å². The quantitative estimate of drug-likeness (QED) is 0.273. The lowest BCUT2D eigenvalue weighted by atomic mass is 9.95. The van der Waals surface area contributed by atoms with Gasteiger partial charge in [0.05, 0.1) is 31.2 Å². The number of carbonyl (C=O) groups is 3. The second-order valence-electron chi connectivity index (χ2n) is 12.1. The van der Waals surface area contributed by atoms with Gasteiger partial charge in [-0.25, -0.2) is 9.59 Å². The van der Waals surface area contributed by atoms with E-state index in [2.05, 4.69) is 10.2 Å². The number of para-hydroxylation sites is 1. The van der Waals surface area contributed by atoms with Crippen LogP contribution < -0.4 is 10.1 Å². The first-order valence-electron chi connectivity index (χ1n) is 14.4. The van der Waals surface area contributed by atoms with E-state index in [0.29, 0.717) is 25.9 Å². The third kappa shape index (κ3) is 8.83. The summed E-state index contributed by atoms with van der Waals surface area (Å²) in [4.78, 5) is 42.7. The summed E-state index contributed by atoms with van der Waals surface area (Å²) < 4.78 is 16.3. The van der Waals surface area contributed by atoms with Crippen molar-refractivity contribution in [1.82, 2.24) is 15.1 Å². The third-order valence-corrected chi connectivity index (χ3v) is 9.56. The summed E-state index contributed by atoms with van der Waals surface area (Å²) >= 11 is 3.33. The number of nitrogens with one attached hydrogen (secondary N) is 1. The van der Waals surface area contributed by atoms with Crippen molar-refractivity contribution in [3.8, 4) is 5.75 Å². The van der Waals surface area contributed by atoms with E-state index in [1.807, 2.05) is 77.3 Å². The molecule has 11 heteroatoms. The molecule has 1 aromatic carbocycles. The van der Waals surface area contributed by atoms with Crippen molar-refractivity contribution in [1.29, 1.82) is 0 Å². The van der Waals surface area contributed by atoms with E-state index < -0.39 is 28.5 Å². The van der Waals surface area contributed by atoms with E-state index in [4.69, 9.17) is 14.2 Å². The van der Waals surface area contributed by atoms with Crippen LogP contribution in [-0.2, 0) is 19.1 Å². The van der Waals surface area contributed by atoms with Crippen molar-refractivity contribution in [2.45, 2.75) is 82.0 Å². The summed E-state index contributed by atoms with van der Waals surface area (Å²) in [7, 11) is 3.00. The molecule has 9 nitrogen and oxygen atoms in total. The predicted octanol–water partition coefficient (Wildman–Crippen LogP) is 4.91. The molecule has 0 spiro atoms. The summed E-state index contributed by atoms with van der Waals surface area (Å²) in [5.41, 5.74) is 0.470. The molecular formula is C31H47N3O6S2. The Morgan fingerprint density at radius 3 is 2.57 bits per heavy atom. The highest BCUT2D eigenvalue weighted by Crippen LogP contribution is 2.41. The van der Waals surface area contributed by atoms with Crippen LogP contribution in [-0.4, -0.2) is 101 Å². The SMILES string of the molecule is COC(=O)[C@H](CCSC)NC(=O)[C@@H]1C[C@H](c2ccccc2OC)CN1C/C=C/[C@@H]1CSC(C)(C)N1C(=O)OC(C)(C)C. The molecule has 2 amide bonds. The molecular weight excluding hydrogens is 574 g/mol. The standard InChI is InChI=1S/C31H47N3O6S2/c1-30(2,3)40-29(37)34-22(20-42-31(34,4)5)12-11-16-33-19-21(23-13-9-10-14-26(23)38-6)18-25(33)27(35)32-24(15-17-41-8)28(36)39-7/h9-14,21-22,24-25H,15-20H2,1-8H3,(H,32,35)/b12-11+/t21-,22+,24-,25-/m0/s1. The van der Waals surface area contributed by atoms with Crippen molar-refractivity contribution < 1.29 is 28.6 Å². The van der Waals surface area contributed by atoms with E-state index in [1.54, 1.807) is 35.5 Å². The van der Waals surface area contributed by atoms with Crippen LogP contribution in [0.3, 0.4) is 0 Å². The van der Waals surface area contributed by atoms with E-state index >= 15 is 0 Å². The molecule has 42 heavy (non-hydrogen) atoms. The summed E-state index contributed by atoms with van der Waals surface area (Å²) in [6, 6.07) is 6.63. The van der Waals surface area contributed by atoms with Crippen LogP contribution in [0.15, 0.2) is 36.4 Å². The molecule has 2 fully saturated rings. The number of benzene rings is 1. The number of nitrogens with zero attached hydrogens (tertiary/aromatic N) is 2. The molecule has 2 saturated heterocycles. The predicted molar refractivity (Wildman–Crippen MR) is 170 cm³/mol. The van der Waals surface area contributed by atoms with Crippen LogP contribution >= 0.6 is 23.5 Å².